The van der Waals surface area contributed by atoms with Gasteiger partial charge in [0.25, 0.3) is 11.1 Å². The number of ether oxygens (including phenoxy) is 1. The maximum absolute atomic E-state index is 12.5. The van der Waals surface area contributed by atoms with E-state index in [-0.39, 0.29) is 23.5 Å². The Morgan fingerprint density at radius 2 is 1.59 bits per heavy atom. The van der Waals surface area contributed by atoms with Gasteiger partial charge in [0, 0.05) is 18.0 Å². The van der Waals surface area contributed by atoms with E-state index in [9.17, 15) is 14.4 Å². The van der Waals surface area contributed by atoms with Gasteiger partial charge in [0.05, 0.1) is 4.91 Å². The van der Waals surface area contributed by atoms with Crippen molar-refractivity contribution in [2.45, 2.75) is 6.42 Å². The zero-order valence-electron chi connectivity index (χ0n) is 18.3. The van der Waals surface area contributed by atoms with Crippen LogP contribution in [0.25, 0.3) is 17.2 Å². The van der Waals surface area contributed by atoms with Crippen LogP contribution in [0.1, 0.15) is 22.3 Å². The molecule has 172 valence electrons. The van der Waals surface area contributed by atoms with Crippen LogP contribution >= 0.6 is 23.4 Å². The second kappa shape index (κ2) is 11.2. The lowest BCUT2D eigenvalue weighted by Gasteiger charge is -2.10. The summed E-state index contributed by atoms with van der Waals surface area (Å²) in [6.07, 6.45) is 2.24. The Bertz CT molecular complexity index is 1210. The highest BCUT2D eigenvalue weighted by molar-refractivity contribution is 8.18. The van der Waals surface area contributed by atoms with Crippen molar-refractivity contribution in [3.63, 3.8) is 0 Å². The maximum atomic E-state index is 12.5. The minimum Gasteiger partial charge on any atom is -0.485 e. The molecule has 4 rings (SSSR count). The average Bonchev–Trinajstić information content (AvgIpc) is 3.14. The van der Waals surface area contributed by atoms with Gasteiger partial charge in [-0.3, -0.25) is 19.3 Å². The van der Waals surface area contributed by atoms with Crippen molar-refractivity contribution < 1.29 is 19.1 Å². The van der Waals surface area contributed by atoms with Gasteiger partial charge >= 0.3 is 0 Å². The quantitative estimate of drug-likeness (QED) is 0.200. The van der Waals surface area contributed by atoms with E-state index in [1.54, 1.807) is 42.5 Å². The second-order valence-corrected chi connectivity index (χ2v) is 8.97. The zero-order valence-corrected chi connectivity index (χ0v) is 19.9. The zero-order chi connectivity index (χ0) is 23.9. The smallest absolute Gasteiger partial charge is 0.293 e. The number of hydrogen-bond donors (Lipinski definition) is 0. The van der Waals surface area contributed by atoms with Gasteiger partial charge in [0.2, 0.25) is 0 Å². The van der Waals surface area contributed by atoms with Crippen molar-refractivity contribution in [1.29, 1.82) is 0 Å². The van der Waals surface area contributed by atoms with E-state index in [4.69, 9.17) is 16.3 Å². The summed E-state index contributed by atoms with van der Waals surface area (Å²) in [5.74, 6) is 0.518. The van der Waals surface area contributed by atoms with Crippen LogP contribution in [0.5, 0.6) is 5.75 Å². The number of nitrogens with zero attached hydrogens (tertiary/aromatic N) is 1. The molecule has 0 saturated carbocycles. The summed E-state index contributed by atoms with van der Waals surface area (Å²) in [6.45, 7) is 0.241. The first-order chi connectivity index (χ1) is 16.5. The Labute approximate surface area is 207 Å². The summed E-state index contributed by atoms with van der Waals surface area (Å²) in [5.41, 5.74) is 3.49. The van der Waals surface area contributed by atoms with Gasteiger partial charge in [-0.2, -0.15) is 0 Å². The first-order valence-corrected chi connectivity index (χ1v) is 12.1. The monoisotopic (exact) mass is 491 g/mol. The molecule has 1 aliphatic rings. The number of amides is 2. The van der Waals surface area contributed by atoms with Crippen molar-refractivity contribution in [3.05, 3.63) is 94.9 Å². The van der Waals surface area contributed by atoms with Crippen molar-refractivity contribution in [2.75, 3.05) is 19.0 Å². The number of rotatable bonds is 9. The van der Waals surface area contributed by atoms with Crippen LogP contribution in [-0.4, -0.2) is 40.9 Å². The SMILES string of the molecule is O=C(COc1ccc(C=C2SC(=O)N(CCCCl)C2=O)cc1)c1ccc(-c2ccccc2)cc1. The molecule has 0 aromatic heterocycles. The number of thioether (sulfide) groups is 1. The molecule has 34 heavy (non-hydrogen) atoms. The van der Waals surface area contributed by atoms with E-state index >= 15 is 0 Å². The fourth-order valence-electron chi connectivity index (χ4n) is 3.43. The Morgan fingerprint density at radius 1 is 0.912 bits per heavy atom. The number of hydrogen-bond acceptors (Lipinski definition) is 5. The third kappa shape index (κ3) is 5.76. The molecule has 1 heterocycles. The molecule has 2 amide bonds. The molecular weight excluding hydrogens is 470 g/mol. The third-order valence-corrected chi connectivity index (χ3v) is 6.43. The lowest BCUT2D eigenvalue weighted by Crippen LogP contribution is -2.29. The summed E-state index contributed by atoms with van der Waals surface area (Å²) in [7, 11) is 0. The third-order valence-electron chi connectivity index (χ3n) is 5.25. The van der Waals surface area contributed by atoms with Crippen LogP contribution < -0.4 is 4.74 Å². The van der Waals surface area contributed by atoms with Crippen LogP contribution in [0, 0.1) is 0 Å². The highest BCUT2D eigenvalue weighted by atomic mass is 35.5. The summed E-state index contributed by atoms with van der Waals surface area (Å²) < 4.78 is 5.64. The van der Waals surface area contributed by atoms with E-state index in [0.717, 1.165) is 28.5 Å². The molecular formula is C27H22ClNO4S. The normalized spacial score (nSPS) is 14.6. The van der Waals surface area contributed by atoms with Gasteiger partial charge in [-0.05, 0) is 53.1 Å². The second-order valence-electron chi connectivity index (χ2n) is 7.60. The van der Waals surface area contributed by atoms with Crippen molar-refractivity contribution in [3.8, 4) is 16.9 Å². The van der Waals surface area contributed by atoms with Gasteiger partial charge < -0.3 is 4.74 Å². The fraction of sp³-hybridized carbons (Fsp3) is 0.148. The molecule has 1 aliphatic heterocycles. The number of halogens is 1. The molecule has 3 aromatic carbocycles. The van der Waals surface area contributed by atoms with E-state index in [1.807, 2.05) is 42.5 Å². The largest absolute Gasteiger partial charge is 0.485 e. The number of ketones is 1. The maximum Gasteiger partial charge on any atom is 0.293 e. The number of Topliss-reactive ketones (excluding diaryl/α,β-unsaturated/α-hetero) is 1. The Hall–Kier alpha value is -3.35. The predicted octanol–water partition coefficient (Wildman–Crippen LogP) is 6.28. The molecule has 0 radical (unpaired) electrons. The molecule has 5 nitrogen and oxygen atoms in total. The number of imide groups is 1. The van der Waals surface area contributed by atoms with Crippen molar-refractivity contribution in [1.82, 2.24) is 4.90 Å². The van der Waals surface area contributed by atoms with Gasteiger partial charge in [0.15, 0.2) is 12.4 Å². The summed E-state index contributed by atoms with van der Waals surface area (Å²) >= 11 is 6.58. The highest BCUT2D eigenvalue weighted by Crippen LogP contribution is 2.32. The molecule has 0 bridgehead atoms. The number of benzene rings is 3. The topological polar surface area (TPSA) is 63.7 Å². The lowest BCUT2D eigenvalue weighted by molar-refractivity contribution is -0.122. The molecule has 0 spiro atoms. The average molecular weight is 492 g/mol. The predicted molar refractivity (Wildman–Crippen MR) is 136 cm³/mol. The highest BCUT2D eigenvalue weighted by Gasteiger charge is 2.34. The number of carbonyl (C=O) groups excluding carboxylic acids is 3. The van der Waals surface area contributed by atoms with Gasteiger partial charge in [-0.1, -0.05) is 66.7 Å². The molecule has 7 heteroatoms. The summed E-state index contributed by atoms with van der Waals surface area (Å²) in [5, 5.41) is -0.281. The van der Waals surface area contributed by atoms with E-state index < -0.39 is 0 Å². The molecule has 0 unspecified atom stereocenters. The Morgan fingerprint density at radius 3 is 2.26 bits per heavy atom. The van der Waals surface area contributed by atoms with Crippen LogP contribution in [-0.2, 0) is 4.79 Å². The van der Waals surface area contributed by atoms with Crippen molar-refractivity contribution in [2.24, 2.45) is 0 Å². The molecule has 3 aromatic rings. The Balaban J connectivity index is 1.33. The molecule has 0 atom stereocenters. The van der Waals surface area contributed by atoms with Crippen molar-refractivity contribution >= 4 is 46.4 Å². The first-order valence-electron chi connectivity index (χ1n) is 10.8. The van der Waals surface area contributed by atoms with Crippen LogP contribution in [0.2, 0.25) is 0 Å². The molecule has 1 fully saturated rings. The minimum absolute atomic E-state index is 0.0799. The summed E-state index contributed by atoms with van der Waals surface area (Å²) in [6, 6.07) is 24.4. The van der Waals surface area contributed by atoms with Gasteiger partial charge in [0.1, 0.15) is 5.75 Å². The van der Waals surface area contributed by atoms with Crippen LogP contribution in [0.15, 0.2) is 83.8 Å². The number of alkyl halides is 1. The fourth-order valence-corrected chi connectivity index (χ4v) is 4.42. The van der Waals surface area contributed by atoms with Gasteiger partial charge in [-0.15, -0.1) is 11.6 Å². The van der Waals surface area contributed by atoms with Gasteiger partial charge in [-0.25, -0.2) is 0 Å². The van der Waals surface area contributed by atoms with Crippen LogP contribution in [0.3, 0.4) is 0 Å². The summed E-state index contributed by atoms with van der Waals surface area (Å²) in [4.78, 5) is 38.6. The molecule has 0 N–H and O–H groups in total. The minimum atomic E-state index is -0.302. The standard InChI is InChI=1S/C27H22ClNO4S/c28-15-4-16-29-26(31)25(34-27(29)32)17-19-7-13-23(14-8-19)33-18-24(30)22-11-9-21(10-12-22)20-5-2-1-3-6-20/h1-3,5-14,17H,4,15-16,18H2. The Kier molecular flexibility index (Phi) is 7.83. The molecule has 1 saturated heterocycles. The van der Waals surface area contributed by atoms with Crippen LogP contribution in [0.4, 0.5) is 4.79 Å². The van der Waals surface area contributed by atoms with E-state index in [0.29, 0.717) is 35.1 Å². The number of carbonyl (C=O) groups is 3. The van der Waals surface area contributed by atoms with E-state index in [1.165, 1.54) is 4.90 Å². The van der Waals surface area contributed by atoms with E-state index in [2.05, 4.69) is 0 Å². The molecule has 0 aliphatic carbocycles. The first kappa shape index (κ1) is 23.8. The lowest BCUT2D eigenvalue weighted by atomic mass is 10.0.